The van der Waals surface area contributed by atoms with Gasteiger partial charge in [-0.3, -0.25) is 19.3 Å². The summed E-state index contributed by atoms with van der Waals surface area (Å²) in [6.45, 7) is 0. The fourth-order valence-electron chi connectivity index (χ4n) is 4.29. The molecule has 0 saturated carbocycles. The molecular weight excluding hydrogens is 584 g/mol. The first-order valence-electron chi connectivity index (χ1n) is 9.82. The first-order chi connectivity index (χ1) is 16.5. The van der Waals surface area contributed by atoms with Crippen LogP contribution in [0, 0.1) is 5.82 Å². The molecule has 35 heavy (non-hydrogen) atoms. The number of imide groups is 1. The van der Waals surface area contributed by atoms with E-state index in [4.69, 9.17) is 69.6 Å². The van der Waals surface area contributed by atoms with Crippen molar-refractivity contribution in [3.63, 3.8) is 0 Å². The fraction of sp³-hybridized carbons (Fsp3) is 0.0870. The highest BCUT2D eigenvalue weighted by Crippen LogP contribution is 2.49. The first kappa shape index (κ1) is 24.6. The Labute approximate surface area is 227 Å². The molecule has 2 aliphatic rings. The van der Waals surface area contributed by atoms with Crippen molar-refractivity contribution < 1.29 is 18.8 Å². The molecule has 2 aliphatic heterocycles. The number of nitrogens with zero attached hydrogens (tertiary/aromatic N) is 2. The van der Waals surface area contributed by atoms with Crippen LogP contribution in [-0.4, -0.2) is 28.7 Å². The summed E-state index contributed by atoms with van der Waals surface area (Å²) in [6.07, 6.45) is 0. The van der Waals surface area contributed by atoms with Gasteiger partial charge in [0.2, 0.25) is 0 Å². The van der Waals surface area contributed by atoms with E-state index >= 15 is 0 Å². The third kappa shape index (κ3) is 3.62. The van der Waals surface area contributed by atoms with E-state index in [9.17, 15) is 18.8 Å². The molecule has 0 spiro atoms. The van der Waals surface area contributed by atoms with Crippen LogP contribution in [0.1, 0.15) is 32.3 Å². The lowest BCUT2D eigenvalue weighted by atomic mass is 9.86. The van der Waals surface area contributed by atoms with Gasteiger partial charge in [0.05, 0.1) is 47.3 Å². The van der Waals surface area contributed by atoms with E-state index in [1.807, 2.05) is 0 Å². The van der Waals surface area contributed by atoms with Gasteiger partial charge in [-0.05, 0) is 35.9 Å². The number of rotatable bonds is 3. The summed E-state index contributed by atoms with van der Waals surface area (Å²) in [5.41, 5.74) is 0.170. The molecule has 0 bridgehead atoms. The number of carbonyl (C=O) groups is 3. The third-order valence-electron chi connectivity index (χ3n) is 5.85. The zero-order valence-corrected chi connectivity index (χ0v) is 21.5. The van der Waals surface area contributed by atoms with Crippen molar-refractivity contribution in [1.82, 2.24) is 4.90 Å². The monoisotopic (exact) mass is 590 g/mol. The van der Waals surface area contributed by atoms with Crippen LogP contribution in [0.15, 0.2) is 42.5 Å². The summed E-state index contributed by atoms with van der Waals surface area (Å²) in [7, 11) is 0. The van der Waals surface area contributed by atoms with Crippen molar-refractivity contribution in [2.45, 2.75) is 12.1 Å². The Morgan fingerprint density at radius 2 is 1.26 bits per heavy atom. The van der Waals surface area contributed by atoms with E-state index in [2.05, 4.69) is 0 Å². The molecule has 0 radical (unpaired) electrons. The maximum absolute atomic E-state index is 14.1. The van der Waals surface area contributed by atoms with Crippen LogP contribution >= 0.6 is 69.6 Å². The Kier molecular flexibility index (Phi) is 6.19. The average Bonchev–Trinajstić information content (AvgIpc) is 3.07. The standard InChI is InChI=1S/C23H9Cl6FN2O3/c24-11-5-4-10(7-12(11)25)31-19(8-2-1-3-9(30)6-8)20(23(31)35)32-21(33)13-14(22(32)34)16(27)18(29)17(28)15(13)26/h1-7,19-20H/t19-,20+/m1/s1. The molecule has 3 aromatic carbocycles. The number of halogens is 7. The molecule has 1 saturated heterocycles. The minimum absolute atomic E-state index is 0.182. The number of amides is 3. The lowest BCUT2D eigenvalue weighted by Gasteiger charge is -2.49. The zero-order chi connectivity index (χ0) is 25.3. The number of β-lactam (4-membered cyclic amide) rings is 1. The van der Waals surface area contributed by atoms with Crippen molar-refractivity contribution in [3.05, 3.63) is 95.1 Å². The SMILES string of the molecule is O=C1c2c(Cl)c(Cl)c(Cl)c(Cl)c2C(=O)N1[C@@H]1C(=O)N(c2ccc(Cl)c(Cl)c2)[C@@H]1c1cccc(F)c1. The van der Waals surface area contributed by atoms with Crippen molar-refractivity contribution in [3.8, 4) is 0 Å². The van der Waals surface area contributed by atoms with Crippen LogP contribution in [0.4, 0.5) is 10.1 Å². The van der Waals surface area contributed by atoms with Crippen LogP contribution in [0.5, 0.6) is 0 Å². The molecule has 0 aromatic heterocycles. The number of carbonyl (C=O) groups excluding carboxylic acids is 3. The van der Waals surface area contributed by atoms with Gasteiger partial charge in [-0.25, -0.2) is 4.39 Å². The van der Waals surface area contributed by atoms with Crippen molar-refractivity contribution >= 4 is 93.0 Å². The van der Waals surface area contributed by atoms with Crippen molar-refractivity contribution in [2.75, 3.05) is 4.90 Å². The summed E-state index contributed by atoms with van der Waals surface area (Å²) in [4.78, 5) is 42.3. The number of benzene rings is 3. The van der Waals surface area contributed by atoms with E-state index in [0.717, 1.165) is 4.90 Å². The number of hydrogen-bond donors (Lipinski definition) is 0. The summed E-state index contributed by atoms with van der Waals surface area (Å²) >= 11 is 36.8. The van der Waals surface area contributed by atoms with Gasteiger partial charge in [0.1, 0.15) is 11.9 Å². The molecule has 3 aromatic rings. The number of anilines is 1. The molecule has 12 heteroatoms. The molecule has 5 rings (SSSR count). The lowest BCUT2D eigenvalue weighted by Crippen LogP contribution is -2.67. The highest BCUT2D eigenvalue weighted by Gasteiger charge is 2.58. The fourth-order valence-corrected chi connectivity index (χ4v) is 5.60. The molecule has 0 aliphatic carbocycles. The molecule has 2 atom stereocenters. The second kappa shape index (κ2) is 8.80. The van der Waals surface area contributed by atoms with Crippen LogP contribution in [0.25, 0.3) is 0 Å². The molecule has 0 unspecified atom stereocenters. The van der Waals surface area contributed by atoms with Crippen LogP contribution in [0.2, 0.25) is 30.1 Å². The Morgan fingerprint density at radius 3 is 1.80 bits per heavy atom. The molecule has 178 valence electrons. The second-order valence-electron chi connectivity index (χ2n) is 7.74. The van der Waals surface area contributed by atoms with Gasteiger partial charge in [-0.2, -0.15) is 0 Å². The maximum atomic E-state index is 14.1. The summed E-state index contributed by atoms with van der Waals surface area (Å²) in [5.74, 6) is -2.92. The topological polar surface area (TPSA) is 57.7 Å². The molecular formula is C23H9Cl6FN2O3. The van der Waals surface area contributed by atoms with Crippen LogP contribution < -0.4 is 4.90 Å². The zero-order valence-electron chi connectivity index (χ0n) is 17.0. The van der Waals surface area contributed by atoms with E-state index < -0.39 is 35.6 Å². The van der Waals surface area contributed by atoms with Gasteiger partial charge in [-0.15, -0.1) is 0 Å². The number of fused-ring (bicyclic) bond motifs is 1. The maximum Gasteiger partial charge on any atom is 0.264 e. The predicted molar refractivity (Wildman–Crippen MR) is 134 cm³/mol. The molecule has 5 nitrogen and oxygen atoms in total. The number of hydrogen-bond acceptors (Lipinski definition) is 3. The highest BCUT2D eigenvalue weighted by atomic mass is 35.5. The summed E-state index contributed by atoms with van der Waals surface area (Å²) in [6, 6.07) is 7.69. The van der Waals surface area contributed by atoms with Crippen molar-refractivity contribution in [2.24, 2.45) is 0 Å². The van der Waals surface area contributed by atoms with Gasteiger partial charge in [-0.1, -0.05) is 81.7 Å². The van der Waals surface area contributed by atoms with Crippen molar-refractivity contribution in [1.29, 1.82) is 0 Å². The Balaban J connectivity index is 1.65. The normalized spacial score (nSPS) is 19.3. The largest absolute Gasteiger partial charge is 0.300 e. The third-order valence-corrected chi connectivity index (χ3v) is 8.39. The lowest BCUT2D eigenvalue weighted by molar-refractivity contribution is -0.130. The van der Waals surface area contributed by atoms with E-state index in [1.165, 1.54) is 35.2 Å². The minimum atomic E-state index is -1.33. The van der Waals surface area contributed by atoms with Crippen LogP contribution in [-0.2, 0) is 4.79 Å². The van der Waals surface area contributed by atoms with Gasteiger partial charge >= 0.3 is 0 Å². The highest BCUT2D eigenvalue weighted by molar-refractivity contribution is 6.55. The Morgan fingerprint density at radius 1 is 0.657 bits per heavy atom. The Bertz CT molecular complexity index is 1430. The van der Waals surface area contributed by atoms with E-state index in [-0.39, 0.29) is 41.3 Å². The molecule has 2 heterocycles. The molecule has 1 fully saturated rings. The van der Waals surface area contributed by atoms with Gasteiger partial charge < -0.3 is 4.90 Å². The minimum Gasteiger partial charge on any atom is -0.300 e. The summed E-state index contributed by atoms with van der Waals surface area (Å²) in [5, 5.41) is -0.458. The second-order valence-corrected chi connectivity index (χ2v) is 10.1. The molecule has 3 amide bonds. The van der Waals surface area contributed by atoms with Gasteiger partial charge in [0.25, 0.3) is 17.7 Å². The quantitative estimate of drug-likeness (QED) is 0.137. The van der Waals surface area contributed by atoms with Gasteiger partial charge in [0, 0.05) is 5.69 Å². The predicted octanol–water partition coefficient (Wildman–Crippen LogP) is 7.50. The van der Waals surface area contributed by atoms with E-state index in [0.29, 0.717) is 11.3 Å². The summed E-state index contributed by atoms with van der Waals surface area (Å²) < 4.78 is 14.1. The van der Waals surface area contributed by atoms with Crippen LogP contribution in [0.3, 0.4) is 0 Å². The van der Waals surface area contributed by atoms with Gasteiger partial charge in [0.15, 0.2) is 0 Å². The first-order valence-corrected chi connectivity index (χ1v) is 12.1. The molecule has 0 N–H and O–H groups in total. The Hall–Kier alpha value is -2.06. The van der Waals surface area contributed by atoms with E-state index in [1.54, 1.807) is 12.1 Å². The smallest absolute Gasteiger partial charge is 0.264 e. The average molecular weight is 593 g/mol.